The van der Waals surface area contributed by atoms with Crippen LogP contribution in [0, 0.1) is 0 Å². The molecule has 0 spiro atoms. The number of aromatic amines is 1. The number of aliphatic hydroxyl groups excluding tert-OH is 1. The highest BCUT2D eigenvalue weighted by atomic mass is 79.9. The van der Waals surface area contributed by atoms with Crippen LogP contribution in [-0.2, 0) is 0 Å². The molecule has 2 nitrogen and oxygen atoms in total. The van der Waals surface area contributed by atoms with E-state index in [2.05, 4.69) is 20.9 Å². The second-order valence-corrected chi connectivity index (χ2v) is 4.13. The van der Waals surface area contributed by atoms with Crippen LogP contribution in [0.5, 0.6) is 0 Å². The van der Waals surface area contributed by atoms with Crippen molar-refractivity contribution < 1.29 is 13.9 Å². The molecule has 0 aliphatic rings. The molecule has 15 heavy (non-hydrogen) atoms. The summed E-state index contributed by atoms with van der Waals surface area (Å²) in [6.07, 6.45) is -3.10. The van der Waals surface area contributed by atoms with E-state index < -0.39 is 12.5 Å². The highest BCUT2D eigenvalue weighted by Crippen LogP contribution is 2.29. The van der Waals surface area contributed by atoms with E-state index in [0.717, 1.165) is 9.99 Å². The third kappa shape index (κ3) is 1.89. The van der Waals surface area contributed by atoms with Crippen LogP contribution in [0.4, 0.5) is 8.78 Å². The summed E-state index contributed by atoms with van der Waals surface area (Å²) in [6.45, 7) is 0. The predicted octanol–water partition coefficient (Wildman–Crippen LogP) is 3.23. The quantitative estimate of drug-likeness (QED) is 0.868. The van der Waals surface area contributed by atoms with Crippen LogP contribution in [0.25, 0.3) is 10.9 Å². The van der Waals surface area contributed by atoms with Crippen molar-refractivity contribution in [3.63, 3.8) is 0 Å². The van der Waals surface area contributed by atoms with Gasteiger partial charge in [0.15, 0.2) is 0 Å². The van der Waals surface area contributed by atoms with E-state index in [9.17, 15) is 13.9 Å². The lowest BCUT2D eigenvalue weighted by molar-refractivity contribution is -0.00494. The first-order chi connectivity index (χ1) is 7.09. The van der Waals surface area contributed by atoms with Gasteiger partial charge in [-0.25, -0.2) is 8.78 Å². The summed E-state index contributed by atoms with van der Waals surface area (Å²) in [5.74, 6) is 0. The van der Waals surface area contributed by atoms with Crippen molar-refractivity contribution in [2.24, 2.45) is 0 Å². The Balaban J connectivity index is 2.54. The number of fused-ring (bicyclic) bond motifs is 1. The fraction of sp³-hybridized carbons (Fsp3) is 0.200. The van der Waals surface area contributed by atoms with Crippen LogP contribution in [0.2, 0.25) is 0 Å². The molecular formula is C10H8BrF2NO. The minimum Gasteiger partial charge on any atom is -0.382 e. The fourth-order valence-corrected chi connectivity index (χ4v) is 1.86. The smallest absolute Gasteiger partial charge is 0.268 e. The average Bonchev–Trinajstić information content (AvgIpc) is 2.59. The van der Waals surface area contributed by atoms with Crippen molar-refractivity contribution in [3.8, 4) is 0 Å². The molecule has 0 amide bonds. The SMILES string of the molecule is OC(c1c[nH]c2cc(Br)ccc12)C(F)F. The molecule has 0 saturated carbocycles. The number of halogens is 3. The zero-order valence-corrected chi connectivity index (χ0v) is 9.13. The van der Waals surface area contributed by atoms with Gasteiger partial charge < -0.3 is 10.1 Å². The minimum atomic E-state index is -2.77. The molecule has 80 valence electrons. The van der Waals surface area contributed by atoms with Gasteiger partial charge in [-0.15, -0.1) is 0 Å². The molecule has 1 aromatic carbocycles. The highest BCUT2D eigenvalue weighted by Gasteiger charge is 2.22. The lowest BCUT2D eigenvalue weighted by Crippen LogP contribution is -2.06. The minimum absolute atomic E-state index is 0.229. The molecule has 0 aliphatic heterocycles. The van der Waals surface area contributed by atoms with E-state index in [1.54, 1.807) is 18.2 Å². The van der Waals surface area contributed by atoms with Crippen molar-refractivity contribution in [1.29, 1.82) is 0 Å². The first-order valence-corrected chi connectivity index (χ1v) is 5.11. The Morgan fingerprint density at radius 3 is 2.73 bits per heavy atom. The van der Waals surface area contributed by atoms with Gasteiger partial charge in [0.05, 0.1) is 0 Å². The zero-order valence-electron chi connectivity index (χ0n) is 7.55. The molecule has 5 heteroatoms. The fourth-order valence-electron chi connectivity index (χ4n) is 1.50. The Labute approximate surface area is 93.0 Å². The van der Waals surface area contributed by atoms with Crippen molar-refractivity contribution in [2.45, 2.75) is 12.5 Å². The van der Waals surface area contributed by atoms with Crippen molar-refractivity contribution in [3.05, 3.63) is 34.4 Å². The van der Waals surface area contributed by atoms with Crippen molar-refractivity contribution in [1.82, 2.24) is 4.98 Å². The van der Waals surface area contributed by atoms with Gasteiger partial charge in [-0.1, -0.05) is 22.0 Å². The first kappa shape index (κ1) is 10.6. The topological polar surface area (TPSA) is 36.0 Å². The molecule has 2 rings (SSSR count). The van der Waals surface area contributed by atoms with Gasteiger partial charge >= 0.3 is 0 Å². The molecule has 2 N–H and O–H groups in total. The maximum Gasteiger partial charge on any atom is 0.268 e. The number of rotatable bonds is 2. The number of nitrogens with one attached hydrogen (secondary N) is 1. The Morgan fingerprint density at radius 1 is 1.33 bits per heavy atom. The largest absolute Gasteiger partial charge is 0.382 e. The molecule has 0 bridgehead atoms. The summed E-state index contributed by atoms with van der Waals surface area (Å²) >= 11 is 3.28. The van der Waals surface area contributed by atoms with E-state index in [1.165, 1.54) is 6.20 Å². The lowest BCUT2D eigenvalue weighted by Gasteiger charge is -2.07. The van der Waals surface area contributed by atoms with Gasteiger partial charge in [0.1, 0.15) is 6.10 Å². The third-order valence-corrected chi connectivity index (χ3v) is 2.73. The molecule has 0 aliphatic carbocycles. The van der Waals surface area contributed by atoms with Gasteiger partial charge in [0.25, 0.3) is 6.43 Å². The van der Waals surface area contributed by atoms with E-state index in [1.807, 2.05) is 0 Å². The van der Waals surface area contributed by atoms with E-state index >= 15 is 0 Å². The second-order valence-electron chi connectivity index (χ2n) is 3.21. The number of H-pyrrole nitrogens is 1. The number of hydrogen-bond acceptors (Lipinski definition) is 1. The van der Waals surface area contributed by atoms with Gasteiger partial charge in [0, 0.05) is 27.1 Å². The number of aliphatic hydroxyl groups is 1. The van der Waals surface area contributed by atoms with Crippen LogP contribution in [0.1, 0.15) is 11.7 Å². The van der Waals surface area contributed by atoms with Gasteiger partial charge in [-0.3, -0.25) is 0 Å². The van der Waals surface area contributed by atoms with E-state index in [0.29, 0.717) is 5.39 Å². The normalized spacial score (nSPS) is 13.7. The number of benzene rings is 1. The van der Waals surface area contributed by atoms with Crippen LogP contribution >= 0.6 is 15.9 Å². The van der Waals surface area contributed by atoms with E-state index in [-0.39, 0.29) is 5.56 Å². The predicted molar refractivity (Wildman–Crippen MR) is 57.0 cm³/mol. The number of alkyl halides is 2. The maximum absolute atomic E-state index is 12.3. The Morgan fingerprint density at radius 2 is 2.07 bits per heavy atom. The average molecular weight is 276 g/mol. The Hall–Kier alpha value is -0.940. The summed E-state index contributed by atoms with van der Waals surface area (Å²) in [4.78, 5) is 2.84. The van der Waals surface area contributed by atoms with E-state index in [4.69, 9.17) is 0 Å². The zero-order chi connectivity index (χ0) is 11.0. The summed E-state index contributed by atoms with van der Waals surface area (Å²) in [5, 5.41) is 9.89. The number of aromatic nitrogens is 1. The summed E-state index contributed by atoms with van der Waals surface area (Å²) < 4.78 is 25.5. The van der Waals surface area contributed by atoms with Gasteiger partial charge in [-0.05, 0) is 12.1 Å². The molecule has 2 aromatic rings. The second kappa shape index (κ2) is 3.90. The van der Waals surface area contributed by atoms with Gasteiger partial charge in [-0.2, -0.15) is 0 Å². The molecule has 0 radical (unpaired) electrons. The molecule has 1 aromatic heterocycles. The van der Waals surface area contributed by atoms with Crippen molar-refractivity contribution >= 4 is 26.8 Å². The maximum atomic E-state index is 12.3. The molecule has 1 heterocycles. The van der Waals surface area contributed by atoms with Crippen LogP contribution in [-0.4, -0.2) is 16.5 Å². The summed E-state index contributed by atoms with van der Waals surface area (Å²) in [6, 6.07) is 5.21. The highest BCUT2D eigenvalue weighted by molar-refractivity contribution is 9.10. The third-order valence-electron chi connectivity index (χ3n) is 2.23. The van der Waals surface area contributed by atoms with Crippen LogP contribution in [0.15, 0.2) is 28.9 Å². The van der Waals surface area contributed by atoms with Crippen LogP contribution in [0.3, 0.4) is 0 Å². The Bertz CT molecular complexity index is 483. The van der Waals surface area contributed by atoms with Gasteiger partial charge in [0.2, 0.25) is 0 Å². The molecule has 0 saturated heterocycles. The standard InChI is InChI=1S/C10H8BrF2NO/c11-5-1-2-6-7(9(15)10(12)13)4-14-8(6)3-5/h1-4,9-10,14-15H. The lowest BCUT2D eigenvalue weighted by atomic mass is 10.1. The molecule has 1 atom stereocenters. The monoisotopic (exact) mass is 275 g/mol. The van der Waals surface area contributed by atoms with Crippen molar-refractivity contribution in [2.75, 3.05) is 0 Å². The molecule has 0 fully saturated rings. The number of hydrogen-bond donors (Lipinski definition) is 2. The molecule has 1 unspecified atom stereocenters. The summed E-state index contributed by atoms with van der Waals surface area (Å²) in [5.41, 5.74) is 0.951. The Kier molecular flexibility index (Phi) is 2.75. The molecular weight excluding hydrogens is 268 g/mol. The first-order valence-electron chi connectivity index (χ1n) is 4.32. The van der Waals surface area contributed by atoms with Crippen LogP contribution < -0.4 is 0 Å². The summed E-state index contributed by atoms with van der Waals surface area (Å²) in [7, 11) is 0.